The molecule has 0 saturated heterocycles. The standard InChI is InChI=1S/C14H19N3O2/c1-10-9-11(6-7-12(10)18-2)14-16-13(19-17-14)5-3-4-8-15/h6-7,9H,3-5,8,15H2,1-2H3. The monoisotopic (exact) mass is 261 g/mol. The van der Waals surface area contributed by atoms with Gasteiger partial charge in [0.15, 0.2) is 0 Å². The van der Waals surface area contributed by atoms with Crippen LogP contribution in [0, 0.1) is 6.92 Å². The van der Waals surface area contributed by atoms with Crippen LogP contribution in [0.1, 0.15) is 24.3 Å². The molecule has 0 aliphatic carbocycles. The zero-order valence-corrected chi connectivity index (χ0v) is 11.3. The van der Waals surface area contributed by atoms with E-state index in [1.807, 2.05) is 25.1 Å². The minimum Gasteiger partial charge on any atom is -0.496 e. The van der Waals surface area contributed by atoms with Crippen LogP contribution in [0.2, 0.25) is 0 Å². The van der Waals surface area contributed by atoms with Gasteiger partial charge in [0.2, 0.25) is 11.7 Å². The lowest BCUT2D eigenvalue weighted by atomic mass is 10.1. The number of nitrogens with two attached hydrogens (primary N) is 1. The molecule has 2 aromatic rings. The molecule has 2 rings (SSSR count). The number of methoxy groups -OCH3 is 1. The Bertz CT molecular complexity index is 537. The molecule has 0 aliphatic heterocycles. The topological polar surface area (TPSA) is 74.2 Å². The third-order valence-corrected chi connectivity index (χ3v) is 2.97. The zero-order valence-electron chi connectivity index (χ0n) is 11.3. The Labute approximate surface area is 112 Å². The smallest absolute Gasteiger partial charge is 0.226 e. The van der Waals surface area contributed by atoms with E-state index >= 15 is 0 Å². The number of rotatable bonds is 6. The highest BCUT2D eigenvalue weighted by Gasteiger charge is 2.09. The van der Waals surface area contributed by atoms with Gasteiger partial charge >= 0.3 is 0 Å². The van der Waals surface area contributed by atoms with Crippen LogP contribution in [0.15, 0.2) is 22.7 Å². The molecule has 0 fully saturated rings. The molecule has 0 unspecified atom stereocenters. The van der Waals surface area contributed by atoms with Gasteiger partial charge in [0.05, 0.1) is 7.11 Å². The molecule has 0 aliphatic rings. The van der Waals surface area contributed by atoms with E-state index in [-0.39, 0.29) is 0 Å². The zero-order chi connectivity index (χ0) is 13.7. The van der Waals surface area contributed by atoms with Crippen molar-refractivity contribution in [1.82, 2.24) is 10.1 Å². The third kappa shape index (κ3) is 3.32. The van der Waals surface area contributed by atoms with Crippen LogP contribution in [-0.4, -0.2) is 23.8 Å². The molecule has 0 saturated carbocycles. The Balaban J connectivity index is 2.11. The molecule has 0 radical (unpaired) electrons. The summed E-state index contributed by atoms with van der Waals surface area (Å²) in [5.41, 5.74) is 7.44. The molecular weight excluding hydrogens is 242 g/mol. The number of hydrogen-bond donors (Lipinski definition) is 1. The Morgan fingerprint density at radius 3 is 2.84 bits per heavy atom. The van der Waals surface area contributed by atoms with E-state index < -0.39 is 0 Å². The number of unbranched alkanes of at least 4 members (excludes halogenated alkanes) is 1. The molecule has 19 heavy (non-hydrogen) atoms. The van der Waals surface area contributed by atoms with Crippen LogP contribution in [0.3, 0.4) is 0 Å². The number of aromatic nitrogens is 2. The molecule has 1 heterocycles. The van der Waals surface area contributed by atoms with Crippen LogP contribution < -0.4 is 10.5 Å². The van der Waals surface area contributed by atoms with Crippen molar-refractivity contribution in [3.8, 4) is 17.1 Å². The lowest BCUT2D eigenvalue weighted by Crippen LogP contribution is -1.99. The summed E-state index contributed by atoms with van der Waals surface area (Å²) >= 11 is 0. The van der Waals surface area contributed by atoms with E-state index in [9.17, 15) is 0 Å². The normalized spacial score (nSPS) is 10.7. The quantitative estimate of drug-likeness (QED) is 0.808. The van der Waals surface area contributed by atoms with E-state index in [0.29, 0.717) is 18.3 Å². The molecular formula is C14H19N3O2. The third-order valence-electron chi connectivity index (χ3n) is 2.97. The molecule has 5 heteroatoms. The fourth-order valence-electron chi connectivity index (χ4n) is 1.91. The lowest BCUT2D eigenvalue weighted by molar-refractivity contribution is 0.375. The first-order valence-corrected chi connectivity index (χ1v) is 6.42. The summed E-state index contributed by atoms with van der Waals surface area (Å²) in [6, 6.07) is 5.84. The Kier molecular flexibility index (Phi) is 4.52. The highest BCUT2D eigenvalue weighted by molar-refractivity contribution is 5.58. The fraction of sp³-hybridized carbons (Fsp3) is 0.429. The second-order valence-corrected chi connectivity index (χ2v) is 4.44. The van der Waals surface area contributed by atoms with E-state index in [0.717, 1.165) is 36.1 Å². The number of ether oxygens (including phenoxy) is 1. The molecule has 1 aromatic heterocycles. The number of benzene rings is 1. The molecule has 0 atom stereocenters. The van der Waals surface area contributed by atoms with Gasteiger partial charge in [0, 0.05) is 12.0 Å². The first kappa shape index (κ1) is 13.5. The summed E-state index contributed by atoms with van der Waals surface area (Å²) in [7, 11) is 1.66. The molecule has 0 amide bonds. The van der Waals surface area contributed by atoms with Crippen LogP contribution in [0.4, 0.5) is 0 Å². The average Bonchev–Trinajstić information content (AvgIpc) is 2.88. The van der Waals surface area contributed by atoms with Gasteiger partial charge in [0.25, 0.3) is 0 Å². The van der Waals surface area contributed by atoms with Crippen molar-refractivity contribution in [2.24, 2.45) is 5.73 Å². The predicted octanol–water partition coefficient (Wildman–Crippen LogP) is 2.34. The average molecular weight is 261 g/mol. The summed E-state index contributed by atoms with van der Waals surface area (Å²) < 4.78 is 10.5. The maximum absolute atomic E-state index is 5.45. The summed E-state index contributed by atoms with van der Waals surface area (Å²) in [6.07, 6.45) is 2.72. The van der Waals surface area contributed by atoms with E-state index in [2.05, 4.69) is 10.1 Å². The fourth-order valence-corrected chi connectivity index (χ4v) is 1.91. The van der Waals surface area contributed by atoms with Crippen molar-refractivity contribution >= 4 is 0 Å². The van der Waals surface area contributed by atoms with Gasteiger partial charge in [-0.1, -0.05) is 5.16 Å². The summed E-state index contributed by atoms with van der Waals surface area (Å²) in [5.74, 6) is 2.14. The van der Waals surface area contributed by atoms with Crippen LogP contribution in [0.5, 0.6) is 5.75 Å². The first-order chi connectivity index (χ1) is 9.24. The van der Waals surface area contributed by atoms with E-state index in [1.54, 1.807) is 7.11 Å². The maximum Gasteiger partial charge on any atom is 0.226 e. The van der Waals surface area contributed by atoms with E-state index in [1.165, 1.54) is 0 Å². The summed E-state index contributed by atoms with van der Waals surface area (Å²) in [4.78, 5) is 4.39. The van der Waals surface area contributed by atoms with E-state index in [4.69, 9.17) is 15.0 Å². The molecule has 5 nitrogen and oxygen atoms in total. The molecule has 2 N–H and O–H groups in total. The number of nitrogens with zero attached hydrogens (tertiary/aromatic N) is 2. The van der Waals surface area contributed by atoms with Crippen molar-refractivity contribution in [2.45, 2.75) is 26.2 Å². The highest BCUT2D eigenvalue weighted by atomic mass is 16.5. The largest absolute Gasteiger partial charge is 0.496 e. The van der Waals surface area contributed by atoms with Gasteiger partial charge in [-0.05, 0) is 50.1 Å². The summed E-state index contributed by atoms with van der Waals surface area (Å²) in [5, 5.41) is 4.00. The molecule has 0 bridgehead atoms. The summed E-state index contributed by atoms with van der Waals surface area (Å²) in [6.45, 7) is 2.68. The molecule has 0 spiro atoms. The SMILES string of the molecule is COc1ccc(-c2noc(CCCCN)n2)cc1C. The van der Waals surface area contributed by atoms with Crippen molar-refractivity contribution in [3.63, 3.8) is 0 Å². The van der Waals surface area contributed by atoms with Gasteiger partial charge < -0.3 is 15.0 Å². The van der Waals surface area contributed by atoms with Gasteiger partial charge in [-0.25, -0.2) is 0 Å². The molecule has 1 aromatic carbocycles. The Hall–Kier alpha value is -1.88. The molecule has 102 valence electrons. The highest BCUT2D eigenvalue weighted by Crippen LogP contribution is 2.24. The maximum atomic E-state index is 5.45. The number of aryl methyl sites for hydroxylation is 2. The minimum atomic E-state index is 0.619. The van der Waals surface area contributed by atoms with Crippen molar-refractivity contribution in [3.05, 3.63) is 29.7 Å². The van der Waals surface area contributed by atoms with Gasteiger partial charge in [-0.15, -0.1) is 0 Å². The second kappa shape index (κ2) is 6.33. The van der Waals surface area contributed by atoms with Crippen LogP contribution in [0.25, 0.3) is 11.4 Å². The van der Waals surface area contributed by atoms with Crippen molar-refractivity contribution in [1.29, 1.82) is 0 Å². The van der Waals surface area contributed by atoms with Crippen LogP contribution in [-0.2, 0) is 6.42 Å². The van der Waals surface area contributed by atoms with Crippen molar-refractivity contribution in [2.75, 3.05) is 13.7 Å². The Morgan fingerprint density at radius 2 is 2.16 bits per heavy atom. The second-order valence-electron chi connectivity index (χ2n) is 4.44. The number of hydrogen-bond acceptors (Lipinski definition) is 5. The lowest BCUT2D eigenvalue weighted by Gasteiger charge is -2.04. The van der Waals surface area contributed by atoms with Crippen molar-refractivity contribution < 1.29 is 9.26 Å². The van der Waals surface area contributed by atoms with Gasteiger partial charge in [-0.3, -0.25) is 0 Å². The van der Waals surface area contributed by atoms with Gasteiger partial charge in [-0.2, -0.15) is 4.98 Å². The first-order valence-electron chi connectivity index (χ1n) is 6.42. The van der Waals surface area contributed by atoms with Crippen LogP contribution >= 0.6 is 0 Å². The minimum absolute atomic E-state index is 0.619. The van der Waals surface area contributed by atoms with Gasteiger partial charge in [0.1, 0.15) is 5.75 Å². The predicted molar refractivity (Wildman–Crippen MR) is 73.0 cm³/mol. The Morgan fingerprint density at radius 1 is 1.32 bits per heavy atom.